The molecular formula is C31H30ClN5O5. The van der Waals surface area contributed by atoms with Gasteiger partial charge < -0.3 is 15.0 Å². The number of ether oxygens (including phenoxy) is 1. The van der Waals surface area contributed by atoms with Crippen molar-refractivity contribution in [2.75, 3.05) is 0 Å². The summed E-state index contributed by atoms with van der Waals surface area (Å²) in [5, 5.41) is 2.37. The van der Waals surface area contributed by atoms with E-state index in [2.05, 4.69) is 17.0 Å². The van der Waals surface area contributed by atoms with Crippen LogP contribution in [0.15, 0.2) is 88.9 Å². The maximum absolute atomic E-state index is 14.1. The predicted octanol–water partition coefficient (Wildman–Crippen LogP) is 4.11. The summed E-state index contributed by atoms with van der Waals surface area (Å²) in [6.45, 7) is 7.33. The number of fused-ring (bicyclic) bond motifs is 1. The first-order valence-electron chi connectivity index (χ1n) is 13.5. The molecule has 3 aromatic rings. The van der Waals surface area contributed by atoms with Gasteiger partial charge in [0.25, 0.3) is 11.5 Å². The van der Waals surface area contributed by atoms with Crippen LogP contribution < -0.4 is 16.7 Å². The standard InChI is InChI=1S/C31H30ClN5O5/c1-4-14-36-22-9-8-20(32)15-19(22)16-21(30(36)40)25-26-23(6-5-7-24(26)38)37(28(33)27(25)31(41)42-17(2)3)35-29(39)18-10-12-34-13-11-18/h4,8-13,15-17,25H,1,5-7,14,33H2,2-3H3,(H,35,39). The molecule has 1 aromatic carbocycles. The van der Waals surface area contributed by atoms with Gasteiger partial charge in [-0.3, -0.25) is 24.8 Å². The van der Waals surface area contributed by atoms with Crippen LogP contribution in [0.3, 0.4) is 0 Å². The number of hydrogen-bond acceptors (Lipinski definition) is 8. The van der Waals surface area contributed by atoms with E-state index in [1.54, 1.807) is 44.2 Å². The second-order valence-electron chi connectivity index (χ2n) is 10.3. The molecule has 5 rings (SSSR count). The van der Waals surface area contributed by atoms with Gasteiger partial charge in [0.15, 0.2) is 5.78 Å². The molecule has 11 heteroatoms. The number of benzene rings is 1. The number of hydrogen-bond donors (Lipinski definition) is 2. The topological polar surface area (TPSA) is 137 Å². The highest BCUT2D eigenvalue weighted by Crippen LogP contribution is 2.44. The number of pyridine rings is 2. The average Bonchev–Trinajstić information content (AvgIpc) is 2.95. The molecule has 10 nitrogen and oxygen atoms in total. The molecule has 1 amide bonds. The van der Waals surface area contributed by atoms with Crippen LogP contribution in [0.25, 0.3) is 10.9 Å². The number of carbonyl (C=O) groups excluding carboxylic acids is 3. The molecule has 1 unspecified atom stereocenters. The number of nitrogens with zero attached hydrogens (tertiary/aromatic N) is 3. The van der Waals surface area contributed by atoms with Crippen LogP contribution in [0.2, 0.25) is 5.02 Å². The number of hydrazine groups is 1. The molecule has 216 valence electrons. The van der Waals surface area contributed by atoms with Crippen molar-refractivity contribution in [1.29, 1.82) is 0 Å². The van der Waals surface area contributed by atoms with Gasteiger partial charge in [0.05, 0.1) is 23.1 Å². The smallest absolute Gasteiger partial charge is 0.338 e. The second-order valence-corrected chi connectivity index (χ2v) is 10.8. The minimum atomic E-state index is -1.14. The van der Waals surface area contributed by atoms with E-state index < -0.39 is 29.5 Å². The fourth-order valence-electron chi connectivity index (χ4n) is 5.47. The summed E-state index contributed by atoms with van der Waals surface area (Å²) in [5.74, 6) is -2.86. The Hall–Kier alpha value is -4.70. The molecule has 0 saturated heterocycles. The first-order valence-corrected chi connectivity index (χ1v) is 13.9. The number of carbonyl (C=O) groups is 3. The van der Waals surface area contributed by atoms with Crippen molar-refractivity contribution in [3.63, 3.8) is 0 Å². The summed E-state index contributed by atoms with van der Waals surface area (Å²) in [6, 6.07) is 9.82. The summed E-state index contributed by atoms with van der Waals surface area (Å²) in [4.78, 5) is 58.7. The first-order chi connectivity index (χ1) is 20.1. The zero-order valence-corrected chi connectivity index (χ0v) is 24.0. The molecule has 3 N–H and O–H groups in total. The van der Waals surface area contributed by atoms with Crippen molar-refractivity contribution in [3.05, 3.63) is 111 Å². The number of ketones is 1. The van der Waals surface area contributed by atoms with Gasteiger partial charge in [-0.25, -0.2) is 9.80 Å². The normalized spacial score (nSPS) is 17.0. The molecule has 0 fully saturated rings. The largest absolute Gasteiger partial charge is 0.459 e. The van der Waals surface area contributed by atoms with Crippen molar-refractivity contribution in [2.24, 2.45) is 5.73 Å². The van der Waals surface area contributed by atoms with Gasteiger partial charge in [0.2, 0.25) is 0 Å². The molecule has 42 heavy (non-hydrogen) atoms. The number of allylic oxidation sites excluding steroid dienone is 3. The molecule has 0 spiro atoms. The van der Waals surface area contributed by atoms with Crippen LogP contribution in [0, 0.1) is 0 Å². The molecule has 1 aliphatic carbocycles. The molecule has 2 aliphatic rings. The minimum Gasteiger partial charge on any atom is -0.459 e. The summed E-state index contributed by atoms with van der Waals surface area (Å²) in [6.07, 6.45) is 5.09. The zero-order valence-electron chi connectivity index (χ0n) is 23.2. The molecule has 0 bridgehead atoms. The van der Waals surface area contributed by atoms with E-state index in [-0.39, 0.29) is 41.3 Å². The zero-order chi connectivity index (χ0) is 30.1. The molecule has 3 heterocycles. The van der Waals surface area contributed by atoms with E-state index in [9.17, 15) is 19.2 Å². The SMILES string of the molecule is C=CCn1c(=O)c(C2C(C(=O)OC(C)C)=C(N)N(NC(=O)c3ccncc3)C3=C2C(=O)CCC3)cc2cc(Cl)ccc21. The third-order valence-corrected chi connectivity index (χ3v) is 7.45. The Balaban J connectivity index is 1.78. The molecule has 2 aromatic heterocycles. The lowest BCUT2D eigenvalue weighted by Gasteiger charge is -2.40. The lowest BCUT2D eigenvalue weighted by atomic mass is 9.75. The van der Waals surface area contributed by atoms with E-state index >= 15 is 0 Å². The van der Waals surface area contributed by atoms with Gasteiger partial charge in [-0.1, -0.05) is 17.7 Å². The summed E-state index contributed by atoms with van der Waals surface area (Å²) >= 11 is 6.31. The van der Waals surface area contributed by atoms with Crippen molar-refractivity contribution in [1.82, 2.24) is 20.0 Å². The fourth-order valence-corrected chi connectivity index (χ4v) is 5.65. The number of rotatable bonds is 7. The lowest BCUT2D eigenvalue weighted by Crippen LogP contribution is -2.50. The monoisotopic (exact) mass is 587 g/mol. The number of halogens is 1. The van der Waals surface area contributed by atoms with E-state index in [0.717, 1.165) is 0 Å². The maximum atomic E-state index is 14.1. The van der Waals surface area contributed by atoms with Crippen LogP contribution in [-0.4, -0.2) is 38.3 Å². The molecule has 1 atom stereocenters. The number of nitrogens with one attached hydrogen (secondary N) is 1. The van der Waals surface area contributed by atoms with Crippen LogP contribution in [-0.2, 0) is 20.9 Å². The van der Waals surface area contributed by atoms with Crippen LogP contribution in [0.4, 0.5) is 0 Å². The Morgan fingerprint density at radius 1 is 1.19 bits per heavy atom. The van der Waals surface area contributed by atoms with E-state index in [4.69, 9.17) is 22.1 Å². The van der Waals surface area contributed by atoms with Gasteiger partial charge in [0, 0.05) is 58.2 Å². The summed E-state index contributed by atoms with van der Waals surface area (Å²) < 4.78 is 7.10. The summed E-state index contributed by atoms with van der Waals surface area (Å²) in [5.41, 5.74) is 10.6. The summed E-state index contributed by atoms with van der Waals surface area (Å²) in [7, 11) is 0. The second kappa shape index (κ2) is 11.7. The van der Waals surface area contributed by atoms with Crippen molar-refractivity contribution in [2.45, 2.75) is 51.7 Å². The fraction of sp³-hybridized carbons (Fsp3) is 0.258. The highest BCUT2D eigenvalue weighted by molar-refractivity contribution is 6.31. The number of esters is 1. The molecule has 0 saturated carbocycles. The average molecular weight is 588 g/mol. The highest BCUT2D eigenvalue weighted by atomic mass is 35.5. The van der Waals surface area contributed by atoms with Gasteiger partial charge in [0.1, 0.15) is 5.82 Å². The number of aromatic nitrogens is 2. The van der Waals surface area contributed by atoms with E-state index in [0.29, 0.717) is 40.0 Å². The Kier molecular flexibility index (Phi) is 8.00. The highest BCUT2D eigenvalue weighted by Gasteiger charge is 2.44. The first kappa shape index (κ1) is 28.8. The number of nitrogens with two attached hydrogens (primary N) is 1. The quantitative estimate of drug-likeness (QED) is 0.311. The van der Waals surface area contributed by atoms with Gasteiger partial charge in [-0.2, -0.15) is 0 Å². The van der Waals surface area contributed by atoms with Gasteiger partial charge in [-0.05, 0) is 63.1 Å². The van der Waals surface area contributed by atoms with Crippen molar-refractivity contribution < 1.29 is 19.1 Å². The van der Waals surface area contributed by atoms with E-state index in [1.807, 2.05) is 0 Å². The lowest BCUT2D eigenvalue weighted by molar-refractivity contribution is -0.143. The van der Waals surface area contributed by atoms with E-state index in [1.165, 1.54) is 34.1 Å². The Morgan fingerprint density at radius 3 is 2.62 bits per heavy atom. The Labute approximate surface area is 247 Å². The van der Waals surface area contributed by atoms with Crippen molar-refractivity contribution >= 4 is 40.2 Å². The van der Waals surface area contributed by atoms with Gasteiger partial charge >= 0.3 is 5.97 Å². The Morgan fingerprint density at radius 2 is 1.93 bits per heavy atom. The molecule has 1 aliphatic heterocycles. The number of amides is 1. The maximum Gasteiger partial charge on any atom is 0.338 e. The van der Waals surface area contributed by atoms with Crippen LogP contribution >= 0.6 is 11.6 Å². The third kappa shape index (κ3) is 5.21. The minimum absolute atomic E-state index is 0.114. The molecular weight excluding hydrogens is 558 g/mol. The van der Waals surface area contributed by atoms with Crippen molar-refractivity contribution in [3.8, 4) is 0 Å². The third-order valence-electron chi connectivity index (χ3n) is 7.22. The Bertz CT molecular complexity index is 1740. The number of Topliss-reactive ketones (excluding diaryl/α,β-unsaturated/α-hetero) is 1. The molecule has 0 radical (unpaired) electrons. The van der Waals surface area contributed by atoms with Gasteiger partial charge in [-0.15, -0.1) is 6.58 Å². The predicted molar refractivity (Wildman–Crippen MR) is 158 cm³/mol. The van der Waals surface area contributed by atoms with Crippen LogP contribution in [0.5, 0.6) is 0 Å². The van der Waals surface area contributed by atoms with Crippen LogP contribution in [0.1, 0.15) is 54.9 Å².